The molecule has 0 aromatic heterocycles. The molecule has 0 spiro atoms. The summed E-state index contributed by atoms with van der Waals surface area (Å²) in [6, 6.07) is 50.2. The van der Waals surface area contributed by atoms with Crippen molar-refractivity contribution in [1.29, 1.82) is 0 Å². The predicted octanol–water partition coefficient (Wildman–Crippen LogP) is 13.9. The van der Waals surface area contributed by atoms with E-state index in [9.17, 15) is 5.48 Å². The summed E-state index contributed by atoms with van der Waals surface area (Å²) in [5.74, 6) is 0. The monoisotopic (exact) mass is 640 g/mol. The zero-order chi connectivity index (χ0) is 35.5. The molecule has 0 nitrogen and oxygen atoms in total. The first kappa shape index (κ1) is 23.4. The third-order valence-corrected chi connectivity index (χ3v) is 11.4. The normalized spacial score (nSPS) is 13.6. The van der Waals surface area contributed by atoms with Gasteiger partial charge < -0.3 is 0 Å². The first-order valence-corrected chi connectivity index (χ1v) is 17.4. The van der Waals surface area contributed by atoms with Gasteiger partial charge in [-0.15, -0.1) is 0 Å². The van der Waals surface area contributed by atoms with Crippen LogP contribution in [0.2, 0.25) is 0 Å². The summed E-state index contributed by atoms with van der Waals surface area (Å²) >= 11 is 1.74. The van der Waals surface area contributed by atoms with Gasteiger partial charge in [0, 0.05) is 15.2 Å². The van der Waals surface area contributed by atoms with Gasteiger partial charge in [0.25, 0.3) is 0 Å². The fraction of sp³-hybridized carbons (Fsp3) is 0. The van der Waals surface area contributed by atoms with Crippen LogP contribution in [0, 0.1) is 0 Å². The standard InChI is InChI=1S/C48H28S/c1-2-11-31(12-3-1)45-35-19-4-5-20-36(35)46(48-39-23-9-14-29-13-8-22-38(43(29)39)47(45)48)34-18-6-17-32(27-34)33-25-26-41-40(28-33)37-21-7-15-30-16-10-24-42(49-41)44(30)37/h1-28H/i6D,17D,18D,27D. The topological polar surface area (TPSA) is 0 Å². The van der Waals surface area contributed by atoms with Crippen LogP contribution in [0.1, 0.15) is 5.48 Å². The molecule has 226 valence electrons. The summed E-state index contributed by atoms with van der Waals surface area (Å²) in [5, 5.41) is 6.62. The Kier molecular flexibility index (Phi) is 4.93. The maximum absolute atomic E-state index is 10.0. The Morgan fingerprint density at radius 1 is 0.388 bits per heavy atom. The molecule has 1 heterocycles. The third-order valence-electron chi connectivity index (χ3n) is 10.2. The van der Waals surface area contributed by atoms with Crippen LogP contribution < -0.4 is 0 Å². The Bertz CT molecular complexity index is 3060. The second-order valence-electron chi connectivity index (χ2n) is 12.8. The van der Waals surface area contributed by atoms with E-state index >= 15 is 0 Å². The van der Waals surface area contributed by atoms with Crippen molar-refractivity contribution in [1.82, 2.24) is 0 Å². The molecule has 1 aliphatic heterocycles. The van der Waals surface area contributed by atoms with E-state index < -0.39 is 0 Å². The molecule has 0 fully saturated rings. The molecule has 2 aliphatic rings. The lowest BCUT2D eigenvalue weighted by Gasteiger charge is -2.22. The number of rotatable bonds is 3. The van der Waals surface area contributed by atoms with Gasteiger partial charge >= 0.3 is 0 Å². The molecule has 0 radical (unpaired) electrons. The minimum Gasteiger partial charge on any atom is -0.0888 e. The molecule has 1 aliphatic carbocycles. The molecule has 9 aromatic rings. The zero-order valence-electron chi connectivity index (χ0n) is 30.3. The lowest BCUT2D eigenvalue weighted by Crippen LogP contribution is -1.94. The van der Waals surface area contributed by atoms with Crippen LogP contribution >= 0.6 is 11.8 Å². The second-order valence-corrected chi connectivity index (χ2v) is 13.9. The van der Waals surface area contributed by atoms with Gasteiger partial charge in [0.05, 0.1) is 5.48 Å². The summed E-state index contributed by atoms with van der Waals surface area (Å²) in [7, 11) is 0. The van der Waals surface area contributed by atoms with E-state index in [1.165, 1.54) is 15.7 Å². The van der Waals surface area contributed by atoms with Crippen molar-refractivity contribution in [2.75, 3.05) is 0 Å². The van der Waals surface area contributed by atoms with E-state index in [1.54, 1.807) is 11.8 Å². The highest BCUT2D eigenvalue weighted by molar-refractivity contribution is 7.99. The summed E-state index contributed by atoms with van der Waals surface area (Å²) in [4.78, 5) is 2.33. The lowest BCUT2D eigenvalue weighted by molar-refractivity contribution is 1.39. The Balaban J connectivity index is 1.25. The van der Waals surface area contributed by atoms with Crippen molar-refractivity contribution >= 4 is 44.1 Å². The fourth-order valence-electron chi connectivity index (χ4n) is 8.23. The van der Waals surface area contributed by atoms with E-state index in [1.807, 2.05) is 18.2 Å². The van der Waals surface area contributed by atoms with Gasteiger partial charge in [-0.2, -0.15) is 0 Å². The molecule has 9 aromatic carbocycles. The second kappa shape index (κ2) is 10.3. The molecule has 0 atom stereocenters. The molecule has 49 heavy (non-hydrogen) atoms. The molecular weight excluding hydrogens is 609 g/mol. The van der Waals surface area contributed by atoms with Gasteiger partial charge in [-0.1, -0.05) is 157 Å². The van der Waals surface area contributed by atoms with Crippen LogP contribution in [-0.2, 0) is 0 Å². The highest BCUT2D eigenvalue weighted by Crippen LogP contribution is 2.58. The molecule has 1 heteroatoms. The highest BCUT2D eigenvalue weighted by Gasteiger charge is 2.30. The summed E-state index contributed by atoms with van der Waals surface area (Å²) < 4.78 is 38.1. The van der Waals surface area contributed by atoms with Crippen LogP contribution in [0.5, 0.6) is 0 Å². The molecule has 0 unspecified atom stereocenters. The number of hydrogen-bond acceptors (Lipinski definition) is 1. The quantitative estimate of drug-likeness (QED) is 0.185. The Hall–Kier alpha value is -5.89. The van der Waals surface area contributed by atoms with Gasteiger partial charge in [0.2, 0.25) is 0 Å². The largest absolute Gasteiger partial charge is 0.0888 e. The third kappa shape index (κ3) is 3.88. The van der Waals surface area contributed by atoms with Crippen molar-refractivity contribution in [3.63, 3.8) is 0 Å². The number of benzene rings is 9. The van der Waals surface area contributed by atoms with Crippen LogP contribution in [0.4, 0.5) is 0 Å². The summed E-state index contributed by atoms with van der Waals surface area (Å²) in [6.07, 6.45) is 0. The number of hydrogen-bond donors (Lipinski definition) is 0. The van der Waals surface area contributed by atoms with Gasteiger partial charge in [-0.25, -0.2) is 0 Å². The molecule has 0 saturated heterocycles. The molecular formula is C48H28S. The summed E-state index contributed by atoms with van der Waals surface area (Å²) in [6.45, 7) is 0. The molecule has 0 amide bonds. The van der Waals surface area contributed by atoms with Crippen molar-refractivity contribution in [2.24, 2.45) is 0 Å². The minimum atomic E-state index is -0.177. The average molecular weight is 641 g/mol. The van der Waals surface area contributed by atoms with Crippen molar-refractivity contribution in [3.05, 3.63) is 170 Å². The van der Waals surface area contributed by atoms with E-state index in [2.05, 4.69) is 127 Å². The van der Waals surface area contributed by atoms with Gasteiger partial charge in [0.15, 0.2) is 0 Å². The molecule has 0 bridgehead atoms. The van der Waals surface area contributed by atoms with Gasteiger partial charge in [-0.05, 0) is 118 Å². The van der Waals surface area contributed by atoms with Crippen molar-refractivity contribution in [2.45, 2.75) is 9.79 Å². The first-order valence-electron chi connectivity index (χ1n) is 18.6. The Morgan fingerprint density at radius 3 is 1.73 bits per heavy atom. The van der Waals surface area contributed by atoms with E-state index in [0.29, 0.717) is 16.7 Å². The van der Waals surface area contributed by atoms with Gasteiger partial charge in [-0.3, -0.25) is 0 Å². The first-order chi connectivity index (χ1) is 26.0. The fourth-order valence-corrected chi connectivity index (χ4v) is 9.36. The van der Waals surface area contributed by atoms with Gasteiger partial charge in [0.1, 0.15) is 0 Å². The van der Waals surface area contributed by atoms with Crippen molar-refractivity contribution < 1.29 is 5.48 Å². The maximum Gasteiger partial charge on any atom is 0.0636 e. The zero-order valence-corrected chi connectivity index (χ0v) is 27.1. The Morgan fingerprint density at radius 2 is 1.00 bits per heavy atom. The molecule has 0 N–H and O–H groups in total. The lowest BCUT2D eigenvalue weighted by atomic mass is 9.82. The van der Waals surface area contributed by atoms with Crippen LogP contribution in [-0.4, -0.2) is 0 Å². The Labute approximate surface area is 294 Å². The van der Waals surface area contributed by atoms with E-state index in [0.717, 1.165) is 76.5 Å². The van der Waals surface area contributed by atoms with Crippen LogP contribution in [0.3, 0.4) is 0 Å². The summed E-state index contributed by atoms with van der Waals surface area (Å²) in [5.41, 5.74) is 10.9. The van der Waals surface area contributed by atoms with Crippen LogP contribution in [0.25, 0.3) is 99.1 Å². The maximum atomic E-state index is 10.0. The van der Waals surface area contributed by atoms with Crippen molar-refractivity contribution in [3.8, 4) is 66.8 Å². The average Bonchev–Trinajstić information content (AvgIpc) is 3.53. The number of fused-ring (bicyclic) bond motifs is 6. The SMILES string of the molecule is [2H]c1c([2H])c(-c2ccc3c(c2)-c2cccc4cccc(c24)S3)c([2H])c(-c2c3c(c(-c4ccccc4)c4ccccc24)-c2cccc4cccc-3c24)c1[2H]. The minimum absolute atomic E-state index is 0.0981. The molecule has 0 saturated carbocycles. The smallest absolute Gasteiger partial charge is 0.0636 e. The molecule has 11 rings (SSSR count). The van der Waals surface area contributed by atoms with Crippen LogP contribution in [0.15, 0.2) is 180 Å². The van der Waals surface area contributed by atoms with E-state index in [-0.39, 0.29) is 24.2 Å². The van der Waals surface area contributed by atoms with E-state index in [4.69, 9.17) is 0 Å². The highest BCUT2D eigenvalue weighted by atomic mass is 32.2. The predicted molar refractivity (Wildman–Crippen MR) is 209 cm³/mol.